The third-order valence-electron chi connectivity index (χ3n) is 10.9. The number of nitrogens with zero attached hydrogens (tertiary/aromatic N) is 7. The molecule has 2 aromatic heterocycles. The minimum atomic E-state index is -1.13. The number of hydrogen-bond acceptors (Lipinski definition) is 12. The molecule has 0 spiro atoms. The van der Waals surface area contributed by atoms with Crippen molar-refractivity contribution in [2.24, 2.45) is 5.73 Å². The van der Waals surface area contributed by atoms with E-state index in [1.165, 1.54) is 32.1 Å². The Morgan fingerprint density at radius 2 is 1.70 bits per heavy atom. The van der Waals surface area contributed by atoms with Crippen molar-refractivity contribution in [1.29, 1.82) is 0 Å². The number of piperidine rings is 1. The largest absolute Gasteiger partial charge is 0.480 e. The average molecular weight is 747 g/mol. The molecule has 1 saturated carbocycles. The third-order valence-corrected chi connectivity index (χ3v) is 10.9. The first-order valence-electron chi connectivity index (χ1n) is 20.0. The number of aliphatic carboxylic acids is 1. The summed E-state index contributed by atoms with van der Waals surface area (Å²) in [5, 5.41) is 32.8. The van der Waals surface area contributed by atoms with Crippen LogP contribution >= 0.6 is 0 Å². The molecule has 7 N–H and O–H groups in total. The van der Waals surface area contributed by atoms with E-state index in [1.807, 2.05) is 40.0 Å². The minimum absolute atomic E-state index is 0.0176. The standard InChI is InChI=1S/C38H58N12O4/c39-31(37(53)54)14-15-34(51)50-22-6-13-33(50)36(52)48-23-16-28(17-24-48)43-35-30-11-4-5-12-32(30)44-38(45-35)42-25-29-26-49(47-46-29)21-8-19-40-18-7-20-41-27-9-2-1-3-10-27/h4-5,11-12,26-28,31,33,40-41H,1-3,6-10,13-25,39H2,(H,53,54)(H2,42,43,44,45)/t31-,33+/m0/s1. The first-order valence-corrected chi connectivity index (χ1v) is 20.0. The summed E-state index contributed by atoms with van der Waals surface area (Å²) in [4.78, 5) is 50.5. The molecule has 16 heteroatoms. The SMILES string of the molecule is N[C@@H](CCC(=O)N1CCC[C@@H]1C(=O)N1CCC(Nc2nc(NCc3cn(CCCNCCCNC4CCCCC4)nn3)nc3ccccc23)CC1)C(=O)O. The molecule has 2 saturated heterocycles. The van der Waals surface area contributed by atoms with Gasteiger partial charge in [0, 0.05) is 50.1 Å². The summed E-state index contributed by atoms with van der Waals surface area (Å²) < 4.78 is 1.88. The van der Waals surface area contributed by atoms with Crippen molar-refractivity contribution in [3.63, 3.8) is 0 Å². The second-order valence-corrected chi connectivity index (χ2v) is 15.0. The monoisotopic (exact) mass is 746 g/mol. The maximum absolute atomic E-state index is 13.5. The number of hydrogen-bond donors (Lipinski definition) is 6. The number of nitrogens with one attached hydrogen (secondary N) is 4. The molecule has 16 nitrogen and oxygen atoms in total. The second-order valence-electron chi connectivity index (χ2n) is 15.0. The Morgan fingerprint density at radius 3 is 2.52 bits per heavy atom. The normalized spacial score (nSPS) is 18.9. The van der Waals surface area contributed by atoms with Gasteiger partial charge in [0.2, 0.25) is 17.8 Å². The molecule has 2 amide bonds. The Morgan fingerprint density at radius 1 is 0.907 bits per heavy atom. The molecule has 0 unspecified atom stereocenters. The first-order chi connectivity index (χ1) is 26.3. The number of carboxylic acid groups (broad SMARTS) is 1. The van der Waals surface area contributed by atoms with Crippen molar-refractivity contribution in [3.05, 3.63) is 36.2 Å². The van der Waals surface area contributed by atoms with Crippen molar-refractivity contribution in [1.82, 2.24) is 45.4 Å². The minimum Gasteiger partial charge on any atom is -0.480 e. The molecule has 3 aromatic rings. The summed E-state index contributed by atoms with van der Waals surface area (Å²) in [6.07, 6.45) is 13.8. The quantitative estimate of drug-likeness (QED) is 0.0977. The van der Waals surface area contributed by atoms with Crippen LogP contribution in [-0.2, 0) is 27.5 Å². The fraction of sp³-hybridized carbons (Fsp3) is 0.658. The highest BCUT2D eigenvalue weighted by molar-refractivity contribution is 5.90. The molecule has 0 radical (unpaired) electrons. The molecule has 0 bridgehead atoms. The van der Waals surface area contributed by atoms with E-state index in [9.17, 15) is 14.4 Å². The number of para-hydroxylation sites is 1. The van der Waals surface area contributed by atoms with Gasteiger partial charge in [-0.05, 0) is 89.6 Å². The second kappa shape index (κ2) is 19.8. The number of anilines is 2. The number of aromatic nitrogens is 5. The average Bonchev–Trinajstić information content (AvgIpc) is 3.88. The van der Waals surface area contributed by atoms with E-state index in [0.717, 1.165) is 86.7 Å². The maximum atomic E-state index is 13.5. The number of rotatable bonds is 19. The molecular weight excluding hydrogens is 688 g/mol. The Hall–Kier alpha value is -4.41. The van der Waals surface area contributed by atoms with Gasteiger partial charge in [-0.1, -0.05) is 36.6 Å². The van der Waals surface area contributed by atoms with Crippen molar-refractivity contribution < 1.29 is 19.5 Å². The molecule has 1 aliphatic carbocycles. The first kappa shape index (κ1) is 39.3. The lowest BCUT2D eigenvalue weighted by Gasteiger charge is -2.36. The van der Waals surface area contributed by atoms with Gasteiger partial charge in [-0.3, -0.25) is 19.1 Å². The number of carboxylic acids is 1. The van der Waals surface area contributed by atoms with Crippen LogP contribution in [0.5, 0.6) is 0 Å². The highest BCUT2D eigenvalue weighted by Gasteiger charge is 2.37. The summed E-state index contributed by atoms with van der Waals surface area (Å²) >= 11 is 0. The van der Waals surface area contributed by atoms with Gasteiger partial charge < -0.3 is 41.9 Å². The number of carbonyl (C=O) groups is 3. The van der Waals surface area contributed by atoms with Crippen molar-refractivity contribution >= 4 is 40.5 Å². The number of likely N-dealkylation sites (tertiary alicyclic amines) is 2. The number of benzene rings is 1. The molecule has 2 atom stereocenters. The van der Waals surface area contributed by atoms with Crippen LogP contribution < -0.4 is 27.0 Å². The van der Waals surface area contributed by atoms with Crippen LogP contribution in [0.4, 0.5) is 11.8 Å². The van der Waals surface area contributed by atoms with Gasteiger partial charge in [-0.25, -0.2) is 4.98 Å². The van der Waals surface area contributed by atoms with Crippen LogP contribution in [0.3, 0.4) is 0 Å². The Labute approximate surface area is 317 Å². The van der Waals surface area contributed by atoms with Crippen LogP contribution in [0.15, 0.2) is 30.5 Å². The van der Waals surface area contributed by atoms with Crippen LogP contribution in [0.1, 0.15) is 89.2 Å². The summed E-state index contributed by atoms with van der Waals surface area (Å²) in [5.41, 5.74) is 7.23. The number of carbonyl (C=O) groups excluding carboxylic acids is 2. The number of amides is 2. The van der Waals surface area contributed by atoms with Gasteiger partial charge >= 0.3 is 5.97 Å². The zero-order valence-electron chi connectivity index (χ0n) is 31.4. The lowest BCUT2D eigenvalue weighted by Crippen LogP contribution is -2.51. The summed E-state index contributed by atoms with van der Waals surface area (Å²) in [5.74, 6) is -0.149. The fourth-order valence-corrected chi connectivity index (χ4v) is 7.80. The van der Waals surface area contributed by atoms with E-state index in [-0.39, 0.29) is 30.7 Å². The summed E-state index contributed by atoms with van der Waals surface area (Å²) in [7, 11) is 0. The van der Waals surface area contributed by atoms with Crippen LogP contribution in [-0.4, -0.2) is 121 Å². The molecule has 3 aliphatic rings. The number of fused-ring (bicyclic) bond motifs is 1. The van der Waals surface area contributed by atoms with Crippen LogP contribution in [0.2, 0.25) is 0 Å². The highest BCUT2D eigenvalue weighted by atomic mass is 16.4. The van der Waals surface area contributed by atoms with E-state index < -0.39 is 18.1 Å². The third kappa shape index (κ3) is 11.1. The van der Waals surface area contributed by atoms with E-state index in [0.29, 0.717) is 38.5 Å². The van der Waals surface area contributed by atoms with Gasteiger partial charge in [-0.2, -0.15) is 4.98 Å². The lowest BCUT2D eigenvalue weighted by molar-refractivity contribution is -0.145. The predicted octanol–water partition coefficient (Wildman–Crippen LogP) is 2.71. The molecule has 3 fully saturated rings. The van der Waals surface area contributed by atoms with Crippen LogP contribution in [0, 0.1) is 0 Å². The van der Waals surface area contributed by atoms with E-state index in [2.05, 4.69) is 31.6 Å². The Balaban J connectivity index is 0.935. The van der Waals surface area contributed by atoms with Gasteiger partial charge in [-0.15, -0.1) is 5.10 Å². The summed E-state index contributed by atoms with van der Waals surface area (Å²) in [6.45, 7) is 5.92. The van der Waals surface area contributed by atoms with Gasteiger partial charge in [0.1, 0.15) is 23.6 Å². The maximum Gasteiger partial charge on any atom is 0.320 e. The molecule has 4 heterocycles. The molecule has 1 aromatic carbocycles. The molecule has 2 aliphatic heterocycles. The predicted molar refractivity (Wildman–Crippen MR) is 207 cm³/mol. The van der Waals surface area contributed by atoms with E-state index >= 15 is 0 Å². The number of nitrogens with two attached hydrogens (primary N) is 1. The van der Waals surface area contributed by atoms with Crippen LogP contribution in [0.25, 0.3) is 10.9 Å². The van der Waals surface area contributed by atoms with E-state index in [4.69, 9.17) is 20.8 Å². The summed E-state index contributed by atoms with van der Waals surface area (Å²) in [6, 6.07) is 7.13. The zero-order chi connectivity index (χ0) is 37.7. The van der Waals surface area contributed by atoms with Crippen molar-refractivity contribution in [2.75, 3.05) is 49.9 Å². The Kier molecular flexibility index (Phi) is 14.4. The van der Waals surface area contributed by atoms with E-state index in [1.54, 1.807) is 4.90 Å². The molecular formula is C38H58N12O4. The topological polar surface area (TPSA) is 209 Å². The smallest absolute Gasteiger partial charge is 0.320 e. The molecule has 54 heavy (non-hydrogen) atoms. The molecule has 6 rings (SSSR count). The lowest BCUT2D eigenvalue weighted by atomic mass is 9.95. The zero-order valence-corrected chi connectivity index (χ0v) is 31.4. The van der Waals surface area contributed by atoms with Gasteiger partial charge in [0.15, 0.2) is 0 Å². The highest BCUT2D eigenvalue weighted by Crippen LogP contribution is 2.27. The fourth-order valence-electron chi connectivity index (χ4n) is 7.80. The van der Waals surface area contributed by atoms with Crippen molar-refractivity contribution in [3.8, 4) is 0 Å². The van der Waals surface area contributed by atoms with Gasteiger partial charge in [0.25, 0.3) is 0 Å². The van der Waals surface area contributed by atoms with Gasteiger partial charge in [0.05, 0.1) is 18.3 Å². The Bertz CT molecular complexity index is 1670. The number of aryl methyl sites for hydroxylation is 1. The van der Waals surface area contributed by atoms with Crippen molar-refractivity contribution in [2.45, 2.75) is 121 Å². The molecule has 294 valence electrons.